The van der Waals surface area contributed by atoms with Crippen LogP contribution in [0.1, 0.15) is 6.92 Å². The predicted octanol–water partition coefficient (Wildman–Crippen LogP) is 0.520. The fraction of sp³-hybridized carbons (Fsp3) is 0.222. The topological polar surface area (TPSA) is 3.88 Å². The molecular weight excluding hydrogens is 261 g/mol. The molecule has 5 heteroatoms. The number of hydrogen-bond donors (Lipinski definition) is 0. The van der Waals surface area contributed by atoms with Gasteiger partial charge in [0.1, 0.15) is 16.2 Å². The first-order valence-electron chi connectivity index (χ1n) is 4.00. The Hall–Kier alpha value is -0.0200. The Bertz CT molecular complexity index is 452. The van der Waals surface area contributed by atoms with Crippen LogP contribution in [-0.2, 0) is 6.54 Å². The van der Waals surface area contributed by atoms with E-state index in [1.165, 1.54) is 0 Å². The minimum atomic E-state index is 0. The van der Waals surface area contributed by atoms with Crippen molar-refractivity contribution in [3.63, 3.8) is 0 Å². The van der Waals surface area contributed by atoms with Crippen LogP contribution in [0.5, 0.6) is 0 Å². The molecule has 1 aromatic heterocycles. The normalized spacial score (nSPS) is 10.2. The van der Waals surface area contributed by atoms with E-state index in [-0.39, 0.29) is 12.4 Å². The number of halogens is 3. The maximum atomic E-state index is 6.14. The third kappa shape index (κ3) is 1.98. The first-order valence-corrected chi connectivity index (χ1v) is 5.53. The van der Waals surface area contributed by atoms with Crippen LogP contribution in [0.2, 0.25) is 10.2 Å². The average Bonchev–Trinajstić information content (AvgIpc) is 2.42. The van der Waals surface area contributed by atoms with Gasteiger partial charge in [-0.25, -0.2) is 0 Å². The Labute approximate surface area is 103 Å². The molecule has 2 rings (SSSR count). The van der Waals surface area contributed by atoms with Crippen LogP contribution < -0.4 is 16.4 Å². The van der Waals surface area contributed by atoms with Crippen LogP contribution in [0.4, 0.5) is 0 Å². The molecular formula is C9H8Cl3NS. The molecule has 1 nitrogen and oxygen atoms in total. The van der Waals surface area contributed by atoms with Crippen LogP contribution in [0.25, 0.3) is 10.1 Å². The molecule has 0 atom stereocenters. The fourth-order valence-electron chi connectivity index (χ4n) is 1.24. The third-order valence-corrected chi connectivity index (χ3v) is 3.82. The molecule has 0 saturated heterocycles. The summed E-state index contributed by atoms with van der Waals surface area (Å²) in [5.41, 5.74) is 0. The average molecular weight is 269 g/mol. The van der Waals surface area contributed by atoms with Crippen molar-refractivity contribution in [2.24, 2.45) is 0 Å². The van der Waals surface area contributed by atoms with Crippen molar-refractivity contribution in [2.75, 3.05) is 0 Å². The van der Waals surface area contributed by atoms with Gasteiger partial charge in [0.05, 0.1) is 5.39 Å². The summed E-state index contributed by atoms with van der Waals surface area (Å²) in [4.78, 5) is 0. The zero-order chi connectivity index (χ0) is 9.42. The van der Waals surface area contributed by atoms with E-state index >= 15 is 0 Å². The highest BCUT2D eigenvalue weighted by Gasteiger charge is 2.16. The quantitative estimate of drug-likeness (QED) is 0.664. The molecule has 0 saturated carbocycles. The lowest BCUT2D eigenvalue weighted by Crippen LogP contribution is -3.00. The van der Waals surface area contributed by atoms with Crippen molar-refractivity contribution in [3.05, 3.63) is 28.4 Å². The Morgan fingerprint density at radius 1 is 1.36 bits per heavy atom. The molecule has 0 fully saturated rings. The van der Waals surface area contributed by atoms with Gasteiger partial charge >= 0.3 is 0 Å². The number of nitrogens with zero attached hydrogens (tertiary/aromatic N) is 1. The summed E-state index contributed by atoms with van der Waals surface area (Å²) in [6, 6.07) is 5.77. The largest absolute Gasteiger partial charge is 1.00 e. The van der Waals surface area contributed by atoms with E-state index in [0.29, 0.717) is 0 Å². The maximum absolute atomic E-state index is 6.14. The monoisotopic (exact) mass is 267 g/mol. The molecule has 1 heterocycles. The molecule has 14 heavy (non-hydrogen) atoms. The SMILES string of the molecule is CC[n+]1sc2cc(Cl)ccc2c1Cl.[Cl-]. The molecule has 0 radical (unpaired) electrons. The molecule has 0 N–H and O–H groups in total. The number of benzene rings is 1. The number of rotatable bonds is 1. The van der Waals surface area contributed by atoms with Crippen molar-refractivity contribution in [2.45, 2.75) is 13.5 Å². The number of aryl methyl sites for hydroxylation is 1. The summed E-state index contributed by atoms with van der Waals surface area (Å²) in [6.07, 6.45) is 0. The van der Waals surface area contributed by atoms with E-state index in [2.05, 4.69) is 6.92 Å². The molecule has 0 aliphatic heterocycles. The van der Waals surface area contributed by atoms with Crippen LogP contribution in [0, 0.1) is 0 Å². The van der Waals surface area contributed by atoms with Crippen LogP contribution in [-0.4, -0.2) is 0 Å². The lowest BCUT2D eigenvalue weighted by Gasteiger charge is -1.85. The molecule has 0 aliphatic rings. The van der Waals surface area contributed by atoms with Crippen molar-refractivity contribution in [1.82, 2.24) is 0 Å². The van der Waals surface area contributed by atoms with Gasteiger partial charge in [-0.15, -0.1) is 3.96 Å². The summed E-state index contributed by atoms with van der Waals surface area (Å²) < 4.78 is 3.18. The van der Waals surface area contributed by atoms with E-state index in [4.69, 9.17) is 23.2 Å². The van der Waals surface area contributed by atoms with Gasteiger partial charge in [-0.2, -0.15) is 0 Å². The van der Waals surface area contributed by atoms with Gasteiger partial charge in [0.25, 0.3) is 5.15 Å². The van der Waals surface area contributed by atoms with Crippen LogP contribution in [0.15, 0.2) is 18.2 Å². The highest BCUT2D eigenvalue weighted by atomic mass is 35.5. The van der Waals surface area contributed by atoms with Crippen LogP contribution >= 0.6 is 34.7 Å². The van der Waals surface area contributed by atoms with Gasteiger partial charge in [-0.05, 0) is 36.7 Å². The molecule has 0 aliphatic carbocycles. The van der Waals surface area contributed by atoms with E-state index in [1.807, 2.05) is 22.2 Å². The second-order valence-corrected chi connectivity index (χ2v) is 4.57. The summed E-state index contributed by atoms with van der Waals surface area (Å²) in [6.45, 7) is 2.97. The fourth-order valence-corrected chi connectivity index (χ4v) is 2.91. The van der Waals surface area contributed by atoms with Gasteiger partial charge in [0.15, 0.2) is 6.54 Å². The Morgan fingerprint density at radius 3 is 2.71 bits per heavy atom. The van der Waals surface area contributed by atoms with E-state index in [1.54, 1.807) is 11.5 Å². The highest BCUT2D eigenvalue weighted by Crippen LogP contribution is 2.27. The highest BCUT2D eigenvalue weighted by molar-refractivity contribution is 7.10. The number of aromatic nitrogens is 1. The second-order valence-electron chi connectivity index (χ2n) is 2.72. The van der Waals surface area contributed by atoms with Gasteiger partial charge in [-0.3, -0.25) is 0 Å². The zero-order valence-corrected chi connectivity index (χ0v) is 10.5. The van der Waals surface area contributed by atoms with Gasteiger partial charge in [0.2, 0.25) is 0 Å². The standard InChI is InChI=1S/C9H8Cl2NS.ClH/c1-2-12-9(11)7-4-3-6(10)5-8(7)13-12;/h3-5H,2H2,1H3;1H/q+1;/p-1. The Kier molecular flexibility index (Phi) is 4.02. The molecule has 1 aromatic carbocycles. The lowest BCUT2D eigenvalue weighted by atomic mass is 10.3. The van der Waals surface area contributed by atoms with Crippen molar-refractivity contribution in [3.8, 4) is 0 Å². The molecule has 0 amide bonds. The van der Waals surface area contributed by atoms with E-state index in [0.717, 1.165) is 26.8 Å². The predicted molar refractivity (Wildman–Crippen MR) is 57.7 cm³/mol. The van der Waals surface area contributed by atoms with E-state index in [9.17, 15) is 0 Å². The summed E-state index contributed by atoms with van der Waals surface area (Å²) in [5, 5.41) is 2.64. The van der Waals surface area contributed by atoms with Crippen molar-refractivity contribution < 1.29 is 16.4 Å². The Morgan fingerprint density at radius 2 is 2.07 bits per heavy atom. The Balaban J connectivity index is 0.000000980. The molecule has 0 bridgehead atoms. The van der Waals surface area contributed by atoms with Crippen LogP contribution in [0.3, 0.4) is 0 Å². The van der Waals surface area contributed by atoms with Gasteiger partial charge < -0.3 is 12.4 Å². The van der Waals surface area contributed by atoms with Gasteiger partial charge in [-0.1, -0.05) is 11.6 Å². The zero-order valence-electron chi connectivity index (χ0n) is 7.43. The van der Waals surface area contributed by atoms with Crippen molar-refractivity contribution in [1.29, 1.82) is 0 Å². The first-order chi connectivity index (χ1) is 6.22. The summed E-state index contributed by atoms with van der Waals surface area (Å²) in [7, 11) is 0. The third-order valence-electron chi connectivity index (χ3n) is 1.88. The summed E-state index contributed by atoms with van der Waals surface area (Å²) in [5.74, 6) is 0. The minimum Gasteiger partial charge on any atom is -1.00 e. The molecule has 2 aromatic rings. The smallest absolute Gasteiger partial charge is 0.297 e. The molecule has 0 unspecified atom stereocenters. The molecule has 76 valence electrons. The lowest BCUT2D eigenvalue weighted by molar-refractivity contribution is -0.621. The minimum absolute atomic E-state index is 0. The number of hydrogen-bond acceptors (Lipinski definition) is 1. The van der Waals surface area contributed by atoms with Gasteiger partial charge in [0, 0.05) is 5.02 Å². The first kappa shape index (κ1) is 12.1. The van der Waals surface area contributed by atoms with Crippen molar-refractivity contribution >= 4 is 44.8 Å². The van der Waals surface area contributed by atoms with E-state index < -0.39 is 0 Å². The number of fused-ring (bicyclic) bond motifs is 1. The molecule has 0 spiro atoms. The second kappa shape index (κ2) is 4.67. The maximum Gasteiger partial charge on any atom is 0.297 e. The summed E-state index contributed by atoms with van der Waals surface area (Å²) >= 11 is 13.7.